The first-order chi connectivity index (χ1) is 15.6. The standard InChI is InChI=1S/C25H29N3O4/c1-2-19-5-3-4-6-21(19)28-16-20(14-24(28)29)25(30)27-11-9-26(10-12-27)15-18-7-8-22-23(13-18)32-17-31-22/h3-8,13,20H,2,9-12,14-17H2,1H3. The quantitative estimate of drug-likeness (QED) is 0.723. The Morgan fingerprint density at radius 2 is 1.81 bits per heavy atom. The summed E-state index contributed by atoms with van der Waals surface area (Å²) in [7, 11) is 0. The number of rotatable bonds is 5. The predicted octanol–water partition coefficient (Wildman–Crippen LogP) is 2.68. The van der Waals surface area contributed by atoms with Crippen molar-refractivity contribution in [1.29, 1.82) is 0 Å². The summed E-state index contributed by atoms with van der Waals surface area (Å²) in [5.74, 6) is 1.50. The molecule has 32 heavy (non-hydrogen) atoms. The van der Waals surface area contributed by atoms with Gasteiger partial charge in [0.1, 0.15) is 0 Å². The number of aryl methyl sites for hydroxylation is 1. The van der Waals surface area contributed by atoms with E-state index in [9.17, 15) is 9.59 Å². The Hall–Kier alpha value is -3.06. The van der Waals surface area contributed by atoms with Crippen molar-refractivity contribution in [3.05, 3.63) is 53.6 Å². The van der Waals surface area contributed by atoms with Crippen molar-refractivity contribution in [3.8, 4) is 11.5 Å². The number of anilines is 1. The van der Waals surface area contributed by atoms with Gasteiger partial charge in [-0.3, -0.25) is 14.5 Å². The number of carbonyl (C=O) groups excluding carboxylic acids is 2. The van der Waals surface area contributed by atoms with Crippen LogP contribution in [-0.2, 0) is 22.6 Å². The third-order valence-electron chi connectivity index (χ3n) is 6.66. The van der Waals surface area contributed by atoms with Gasteiger partial charge in [0.2, 0.25) is 18.6 Å². The molecule has 1 unspecified atom stereocenters. The summed E-state index contributed by atoms with van der Waals surface area (Å²) in [6, 6.07) is 14.0. The molecule has 0 bridgehead atoms. The number of fused-ring (bicyclic) bond motifs is 1. The van der Waals surface area contributed by atoms with Gasteiger partial charge in [-0.2, -0.15) is 0 Å². The molecule has 0 saturated carbocycles. The lowest BCUT2D eigenvalue weighted by Crippen LogP contribution is -2.50. The second-order valence-corrected chi connectivity index (χ2v) is 8.68. The highest BCUT2D eigenvalue weighted by Crippen LogP contribution is 2.33. The smallest absolute Gasteiger partial charge is 0.231 e. The van der Waals surface area contributed by atoms with E-state index in [1.165, 1.54) is 5.56 Å². The van der Waals surface area contributed by atoms with Gasteiger partial charge in [-0.1, -0.05) is 31.2 Å². The van der Waals surface area contributed by atoms with Crippen LogP contribution in [0.15, 0.2) is 42.5 Å². The second kappa shape index (κ2) is 8.82. The van der Waals surface area contributed by atoms with Gasteiger partial charge in [-0.15, -0.1) is 0 Å². The fourth-order valence-corrected chi connectivity index (χ4v) is 4.86. The number of carbonyl (C=O) groups is 2. The zero-order chi connectivity index (χ0) is 22.1. The molecule has 3 aliphatic heterocycles. The van der Waals surface area contributed by atoms with Crippen LogP contribution in [0.1, 0.15) is 24.5 Å². The Bertz CT molecular complexity index is 1020. The number of benzene rings is 2. The van der Waals surface area contributed by atoms with E-state index in [1.807, 2.05) is 35.2 Å². The summed E-state index contributed by atoms with van der Waals surface area (Å²) < 4.78 is 10.9. The number of hydrogen-bond acceptors (Lipinski definition) is 5. The first kappa shape index (κ1) is 20.8. The molecule has 2 aromatic rings. The molecule has 2 aromatic carbocycles. The maximum absolute atomic E-state index is 13.2. The molecule has 3 heterocycles. The topological polar surface area (TPSA) is 62.3 Å². The van der Waals surface area contributed by atoms with Crippen molar-refractivity contribution < 1.29 is 19.1 Å². The van der Waals surface area contributed by atoms with Crippen molar-refractivity contribution in [2.24, 2.45) is 5.92 Å². The van der Waals surface area contributed by atoms with Crippen LogP contribution < -0.4 is 14.4 Å². The van der Waals surface area contributed by atoms with Crippen molar-refractivity contribution >= 4 is 17.5 Å². The molecule has 0 aliphatic carbocycles. The van der Waals surface area contributed by atoms with Gasteiger partial charge < -0.3 is 19.3 Å². The first-order valence-electron chi connectivity index (χ1n) is 11.4. The van der Waals surface area contributed by atoms with E-state index in [2.05, 4.69) is 24.0 Å². The van der Waals surface area contributed by atoms with E-state index in [0.717, 1.165) is 48.8 Å². The van der Waals surface area contributed by atoms with Crippen molar-refractivity contribution in [2.75, 3.05) is 44.4 Å². The highest BCUT2D eigenvalue weighted by Gasteiger charge is 2.38. The number of para-hydroxylation sites is 1. The minimum Gasteiger partial charge on any atom is -0.454 e. The van der Waals surface area contributed by atoms with E-state index in [-0.39, 0.29) is 24.5 Å². The first-order valence-corrected chi connectivity index (χ1v) is 11.4. The molecule has 2 saturated heterocycles. The minimum atomic E-state index is -0.257. The van der Waals surface area contributed by atoms with E-state index in [1.54, 1.807) is 4.90 Å². The number of piperazine rings is 1. The molecule has 5 rings (SSSR count). The summed E-state index contributed by atoms with van der Waals surface area (Å²) in [4.78, 5) is 32.0. The molecule has 3 aliphatic rings. The van der Waals surface area contributed by atoms with Gasteiger partial charge in [-0.05, 0) is 35.7 Å². The number of nitrogens with zero attached hydrogens (tertiary/aromatic N) is 3. The molecule has 2 fully saturated rings. The molecular formula is C25H29N3O4. The van der Waals surface area contributed by atoms with Crippen LogP contribution in [0, 0.1) is 5.92 Å². The van der Waals surface area contributed by atoms with Crippen LogP contribution in [0.4, 0.5) is 5.69 Å². The summed E-state index contributed by atoms with van der Waals surface area (Å²) in [6.45, 7) is 6.70. The third kappa shape index (κ3) is 4.05. The largest absolute Gasteiger partial charge is 0.454 e. The number of amides is 2. The molecule has 0 N–H and O–H groups in total. The maximum Gasteiger partial charge on any atom is 0.231 e. The fourth-order valence-electron chi connectivity index (χ4n) is 4.86. The zero-order valence-corrected chi connectivity index (χ0v) is 18.5. The Morgan fingerprint density at radius 1 is 1.03 bits per heavy atom. The average molecular weight is 436 g/mol. The van der Waals surface area contributed by atoms with Crippen LogP contribution >= 0.6 is 0 Å². The SMILES string of the molecule is CCc1ccccc1N1CC(C(=O)N2CCN(Cc3ccc4c(c3)OCO4)CC2)CC1=O. The van der Waals surface area contributed by atoms with Gasteiger partial charge in [0.05, 0.1) is 5.92 Å². The molecule has 7 heteroatoms. The molecule has 0 spiro atoms. The lowest BCUT2D eigenvalue weighted by Gasteiger charge is -2.36. The lowest BCUT2D eigenvalue weighted by molar-refractivity contribution is -0.137. The molecule has 0 aromatic heterocycles. The summed E-state index contributed by atoms with van der Waals surface area (Å²) in [6.07, 6.45) is 1.16. The summed E-state index contributed by atoms with van der Waals surface area (Å²) in [5.41, 5.74) is 3.27. The number of hydrogen-bond donors (Lipinski definition) is 0. The van der Waals surface area contributed by atoms with Crippen LogP contribution in [0.2, 0.25) is 0 Å². The van der Waals surface area contributed by atoms with Crippen molar-refractivity contribution in [3.63, 3.8) is 0 Å². The molecule has 2 amide bonds. The highest BCUT2D eigenvalue weighted by atomic mass is 16.7. The second-order valence-electron chi connectivity index (χ2n) is 8.68. The Balaban J connectivity index is 1.16. The van der Waals surface area contributed by atoms with Crippen LogP contribution in [0.25, 0.3) is 0 Å². The zero-order valence-electron chi connectivity index (χ0n) is 18.5. The van der Waals surface area contributed by atoms with Crippen molar-refractivity contribution in [2.45, 2.75) is 26.3 Å². The van der Waals surface area contributed by atoms with E-state index < -0.39 is 0 Å². The monoisotopic (exact) mass is 435 g/mol. The predicted molar refractivity (Wildman–Crippen MR) is 121 cm³/mol. The van der Waals surface area contributed by atoms with Crippen LogP contribution in [0.5, 0.6) is 11.5 Å². The van der Waals surface area contributed by atoms with Gasteiger partial charge in [-0.25, -0.2) is 0 Å². The van der Waals surface area contributed by atoms with Crippen molar-refractivity contribution in [1.82, 2.24) is 9.80 Å². The highest BCUT2D eigenvalue weighted by molar-refractivity contribution is 6.00. The van der Waals surface area contributed by atoms with E-state index in [0.29, 0.717) is 26.1 Å². The minimum absolute atomic E-state index is 0.0469. The lowest BCUT2D eigenvalue weighted by atomic mass is 10.1. The Labute approximate surface area is 188 Å². The number of ether oxygens (including phenoxy) is 2. The normalized spacial score (nSPS) is 20.8. The molecule has 1 atom stereocenters. The average Bonchev–Trinajstić information content (AvgIpc) is 3.45. The molecule has 168 valence electrons. The van der Waals surface area contributed by atoms with Crippen LogP contribution in [-0.4, -0.2) is 61.1 Å². The molecule has 7 nitrogen and oxygen atoms in total. The maximum atomic E-state index is 13.2. The summed E-state index contributed by atoms with van der Waals surface area (Å²) in [5, 5.41) is 0. The van der Waals surface area contributed by atoms with Gasteiger partial charge in [0, 0.05) is 51.4 Å². The van der Waals surface area contributed by atoms with Gasteiger partial charge in [0.25, 0.3) is 0 Å². The third-order valence-corrected chi connectivity index (χ3v) is 6.66. The summed E-state index contributed by atoms with van der Waals surface area (Å²) >= 11 is 0. The van der Waals surface area contributed by atoms with E-state index >= 15 is 0 Å². The Kier molecular flexibility index (Phi) is 5.74. The van der Waals surface area contributed by atoms with Crippen LogP contribution in [0.3, 0.4) is 0 Å². The fraction of sp³-hybridized carbons (Fsp3) is 0.440. The van der Waals surface area contributed by atoms with Gasteiger partial charge >= 0.3 is 0 Å². The van der Waals surface area contributed by atoms with E-state index in [4.69, 9.17) is 9.47 Å². The Morgan fingerprint density at radius 3 is 2.62 bits per heavy atom. The molecule has 0 radical (unpaired) electrons. The molecular weight excluding hydrogens is 406 g/mol. The van der Waals surface area contributed by atoms with Gasteiger partial charge in [0.15, 0.2) is 11.5 Å².